The van der Waals surface area contributed by atoms with Crippen molar-refractivity contribution in [3.8, 4) is 11.5 Å². The van der Waals surface area contributed by atoms with Crippen LogP contribution in [-0.2, 0) is 19.5 Å². The first-order valence-corrected chi connectivity index (χ1v) is 8.38. The summed E-state index contributed by atoms with van der Waals surface area (Å²) in [5.74, 6) is 1.35. The number of rotatable bonds is 4. The lowest BCUT2D eigenvalue weighted by molar-refractivity contribution is 0.192. The number of amides is 2. The van der Waals surface area contributed by atoms with E-state index < -0.39 is 0 Å². The van der Waals surface area contributed by atoms with Gasteiger partial charge < -0.3 is 19.7 Å². The van der Waals surface area contributed by atoms with E-state index >= 15 is 0 Å². The molecule has 6 heteroatoms. The second kappa shape index (κ2) is 6.91. The summed E-state index contributed by atoms with van der Waals surface area (Å²) in [6.07, 6.45) is 0.941. The number of ether oxygens (including phenoxy) is 2. The van der Waals surface area contributed by atoms with Crippen LogP contribution in [0.4, 0.5) is 4.79 Å². The summed E-state index contributed by atoms with van der Waals surface area (Å²) in [5.41, 5.74) is 2.24. The maximum atomic E-state index is 12.3. The van der Waals surface area contributed by atoms with Crippen LogP contribution < -0.4 is 14.8 Å². The van der Waals surface area contributed by atoms with E-state index in [9.17, 15) is 4.79 Å². The summed E-state index contributed by atoms with van der Waals surface area (Å²) >= 11 is 1.77. The largest absolute Gasteiger partial charge is 0.493 e. The fraction of sp³-hybridized carbons (Fsp3) is 0.353. The highest BCUT2D eigenvalue weighted by Gasteiger charge is 2.21. The van der Waals surface area contributed by atoms with Crippen LogP contribution in [0.2, 0.25) is 0 Å². The Morgan fingerprint density at radius 1 is 1.26 bits per heavy atom. The number of benzene rings is 1. The van der Waals surface area contributed by atoms with Crippen LogP contribution in [0.25, 0.3) is 0 Å². The Balaban J connectivity index is 1.59. The number of hydrogen-bond donors (Lipinski definition) is 1. The number of nitrogens with zero attached hydrogens (tertiary/aromatic N) is 1. The molecule has 0 unspecified atom stereocenters. The van der Waals surface area contributed by atoms with Crippen LogP contribution in [-0.4, -0.2) is 31.7 Å². The van der Waals surface area contributed by atoms with Crippen LogP contribution in [0.3, 0.4) is 0 Å². The lowest BCUT2D eigenvalue weighted by atomic mass is 10.1. The summed E-state index contributed by atoms with van der Waals surface area (Å²) in [6.45, 7) is 1.92. The lowest BCUT2D eigenvalue weighted by Gasteiger charge is -2.27. The van der Waals surface area contributed by atoms with E-state index in [1.807, 2.05) is 23.1 Å². The van der Waals surface area contributed by atoms with Gasteiger partial charge in [0.2, 0.25) is 0 Å². The fourth-order valence-corrected chi connectivity index (χ4v) is 3.59. The third-order valence-electron chi connectivity index (χ3n) is 3.99. The SMILES string of the molecule is COc1ccc(CNC(=O)N2CCc3sccc3C2)cc1OC. The van der Waals surface area contributed by atoms with Gasteiger partial charge in [0, 0.05) is 24.5 Å². The number of carbonyl (C=O) groups is 1. The minimum absolute atomic E-state index is 0.0309. The standard InChI is InChI=1S/C17H20N2O3S/c1-21-14-4-3-12(9-15(14)22-2)10-18-17(20)19-7-5-16-13(11-19)6-8-23-16/h3-4,6,8-9H,5,7,10-11H2,1-2H3,(H,18,20). The first-order valence-electron chi connectivity index (χ1n) is 7.50. The summed E-state index contributed by atoms with van der Waals surface area (Å²) in [7, 11) is 3.21. The maximum absolute atomic E-state index is 12.3. The number of thiophene rings is 1. The van der Waals surface area contributed by atoms with Crippen molar-refractivity contribution in [3.05, 3.63) is 45.6 Å². The fourth-order valence-electron chi connectivity index (χ4n) is 2.70. The Morgan fingerprint density at radius 2 is 2.09 bits per heavy atom. The molecule has 1 N–H and O–H groups in total. The molecule has 2 aromatic rings. The van der Waals surface area contributed by atoms with Crippen molar-refractivity contribution in [1.82, 2.24) is 10.2 Å². The zero-order chi connectivity index (χ0) is 16.2. The highest BCUT2D eigenvalue weighted by molar-refractivity contribution is 7.10. The molecule has 1 aromatic carbocycles. The molecular weight excluding hydrogens is 312 g/mol. The van der Waals surface area contributed by atoms with Gasteiger partial charge in [0.05, 0.1) is 14.2 Å². The zero-order valence-corrected chi connectivity index (χ0v) is 14.1. The minimum Gasteiger partial charge on any atom is -0.493 e. The van der Waals surface area contributed by atoms with Crippen molar-refractivity contribution in [1.29, 1.82) is 0 Å². The molecule has 2 amide bonds. The summed E-state index contributed by atoms with van der Waals surface area (Å²) in [4.78, 5) is 15.6. The normalized spacial score (nSPS) is 13.4. The van der Waals surface area contributed by atoms with E-state index in [-0.39, 0.29) is 6.03 Å². The monoisotopic (exact) mass is 332 g/mol. The molecule has 1 aromatic heterocycles. The van der Waals surface area contributed by atoms with Crippen LogP contribution in [0.1, 0.15) is 16.0 Å². The number of hydrogen-bond acceptors (Lipinski definition) is 4. The molecule has 0 bridgehead atoms. The van der Waals surface area contributed by atoms with Crippen molar-refractivity contribution in [3.63, 3.8) is 0 Å². The average Bonchev–Trinajstić information content (AvgIpc) is 3.06. The van der Waals surface area contributed by atoms with Gasteiger partial charge in [0.1, 0.15) is 0 Å². The Hall–Kier alpha value is -2.21. The van der Waals surface area contributed by atoms with Gasteiger partial charge in [-0.2, -0.15) is 0 Å². The highest BCUT2D eigenvalue weighted by Crippen LogP contribution is 2.27. The highest BCUT2D eigenvalue weighted by atomic mass is 32.1. The number of methoxy groups -OCH3 is 2. The molecule has 5 nitrogen and oxygen atoms in total. The minimum atomic E-state index is -0.0309. The molecule has 0 saturated carbocycles. The quantitative estimate of drug-likeness (QED) is 0.936. The molecule has 0 radical (unpaired) electrons. The van der Waals surface area contributed by atoms with Gasteiger partial charge in [-0.05, 0) is 41.1 Å². The Labute approximate surface area is 139 Å². The van der Waals surface area contributed by atoms with Gasteiger partial charge in [-0.1, -0.05) is 6.07 Å². The Morgan fingerprint density at radius 3 is 2.87 bits per heavy atom. The van der Waals surface area contributed by atoms with Gasteiger partial charge in [0.15, 0.2) is 11.5 Å². The molecule has 0 atom stereocenters. The van der Waals surface area contributed by atoms with Crippen molar-refractivity contribution in [2.24, 2.45) is 0 Å². The van der Waals surface area contributed by atoms with E-state index in [4.69, 9.17) is 9.47 Å². The molecule has 1 aliphatic heterocycles. The van der Waals surface area contributed by atoms with Crippen molar-refractivity contribution < 1.29 is 14.3 Å². The zero-order valence-electron chi connectivity index (χ0n) is 13.3. The van der Waals surface area contributed by atoms with Crippen LogP contribution in [0.15, 0.2) is 29.6 Å². The predicted octanol–water partition coefficient (Wildman–Crippen LogP) is 3.03. The molecular formula is C17H20N2O3S. The van der Waals surface area contributed by atoms with E-state index in [0.717, 1.165) is 18.5 Å². The number of urea groups is 1. The Bertz CT molecular complexity index is 699. The summed E-state index contributed by atoms with van der Waals surface area (Å²) in [6, 6.07) is 7.73. The predicted molar refractivity (Wildman–Crippen MR) is 90.2 cm³/mol. The van der Waals surface area contributed by atoms with Crippen LogP contribution >= 0.6 is 11.3 Å². The van der Waals surface area contributed by atoms with Gasteiger partial charge in [-0.3, -0.25) is 0 Å². The molecule has 122 valence electrons. The molecule has 0 fully saturated rings. The van der Waals surface area contributed by atoms with Gasteiger partial charge >= 0.3 is 6.03 Å². The molecule has 0 spiro atoms. The van der Waals surface area contributed by atoms with Crippen molar-refractivity contribution >= 4 is 17.4 Å². The van der Waals surface area contributed by atoms with Gasteiger partial charge in [-0.15, -0.1) is 11.3 Å². The first kappa shape index (κ1) is 15.7. The van der Waals surface area contributed by atoms with Crippen molar-refractivity contribution in [2.45, 2.75) is 19.5 Å². The molecule has 1 aliphatic rings. The molecule has 2 heterocycles. The number of fused-ring (bicyclic) bond motifs is 1. The summed E-state index contributed by atoms with van der Waals surface area (Å²) in [5, 5.41) is 5.07. The second-order valence-corrected chi connectivity index (χ2v) is 6.39. The van der Waals surface area contributed by atoms with Crippen molar-refractivity contribution in [2.75, 3.05) is 20.8 Å². The van der Waals surface area contributed by atoms with Gasteiger partial charge in [0.25, 0.3) is 0 Å². The van der Waals surface area contributed by atoms with E-state index in [1.165, 1.54) is 10.4 Å². The third-order valence-corrected chi connectivity index (χ3v) is 5.01. The van der Waals surface area contributed by atoms with Gasteiger partial charge in [-0.25, -0.2) is 4.79 Å². The average molecular weight is 332 g/mol. The Kier molecular flexibility index (Phi) is 4.71. The first-order chi connectivity index (χ1) is 11.2. The van der Waals surface area contributed by atoms with E-state index in [0.29, 0.717) is 24.6 Å². The number of nitrogens with one attached hydrogen (secondary N) is 1. The van der Waals surface area contributed by atoms with E-state index in [1.54, 1.807) is 25.6 Å². The molecule has 23 heavy (non-hydrogen) atoms. The molecule has 0 aliphatic carbocycles. The number of carbonyl (C=O) groups excluding carboxylic acids is 1. The topological polar surface area (TPSA) is 50.8 Å². The third kappa shape index (κ3) is 3.42. The van der Waals surface area contributed by atoms with Crippen LogP contribution in [0, 0.1) is 0 Å². The second-order valence-electron chi connectivity index (χ2n) is 5.39. The lowest BCUT2D eigenvalue weighted by Crippen LogP contribution is -2.42. The maximum Gasteiger partial charge on any atom is 0.317 e. The smallest absolute Gasteiger partial charge is 0.317 e. The van der Waals surface area contributed by atoms with E-state index in [2.05, 4.69) is 16.8 Å². The summed E-state index contributed by atoms with van der Waals surface area (Å²) < 4.78 is 10.5. The van der Waals surface area contributed by atoms with Crippen LogP contribution in [0.5, 0.6) is 11.5 Å². The molecule has 3 rings (SSSR count). The molecule has 0 saturated heterocycles.